The van der Waals surface area contributed by atoms with Gasteiger partial charge >= 0.3 is 0 Å². The van der Waals surface area contributed by atoms with E-state index in [1.165, 1.54) is 32.0 Å². The van der Waals surface area contributed by atoms with Crippen LogP contribution in [0.3, 0.4) is 0 Å². The molecule has 0 spiro atoms. The third-order valence-electron chi connectivity index (χ3n) is 2.14. The summed E-state index contributed by atoms with van der Waals surface area (Å²) in [6.45, 7) is 3.07. The van der Waals surface area contributed by atoms with Crippen molar-refractivity contribution in [3.63, 3.8) is 0 Å². The van der Waals surface area contributed by atoms with Gasteiger partial charge in [-0.3, -0.25) is 4.72 Å². The first kappa shape index (κ1) is 15.4. The molecule has 1 rings (SSSR count). The van der Waals surface area contributed by atoms with Crippen molar-refractivity contribution < 1.29 is 16.8 Å². The maximum atomic E-state index is 11.7. The SMILES string of the molecule is CC(C)S(=O)(=O)Nc1ccc(S(N)(=O)=O)cc1Br. The van der Waals surface area contributed by atoms with Crippen molar-refractivity contribution in [2.75, 3.05) is 4.72 Å². The molecule has 0 atom stereocenters. The molecule has 0 unspecified atom stereocenters. The fourth-order valence-corrected chi connectivity index (χ4v) is 3.05. The van der Waals surface area contributed by atoms with Crippen molar-refractivity contribution in [2.45, 2.75) is 24.0 Å². The summed E-state index contributed by atoms with van der Waals surface area (Å²) in [7, 11) is -7.29. The summed E-state index contributed by atoms with van der Waals surface area (Å²) in [6.07, 6.45) is 0. The van der Waals surface area contributed by atoms with Crippen LogP contribution in [-0.2, 0) is 20.0 Å². The van der Waals surface area contributed by atoms with Crippen LogP contribution in [0, 0.1) is 0 Å². The van der Waals surface area contributed by atoms with Crippen molar-refractivity contribution in [3.05, 3.63) is 22.7 Å². The number of halogens is 1. The van der Waals surface area contributed by atoms with Crippen molar-refractivity contribution in [3.8, 4) is 0 Å². The molecule has 1 aromatic carbocycles. The summed E-state index contributed by atoms with van der Waals surface area (Å²) in [5.41, 5.74) is 0.260. The standard InChI is InChI=1S/C9H13BrN2O4S2/c1-6(2)18(15,16)12-9-4-3-7(5-8(9)10)17(11,13)14/h3-6,12H,1-2H3,(H2,11,13,14). The van der Waals surface area contributed by atoms with E-state index in [0.29, 0.717) is 4.47 Å². The Kier molecular flexibility index (Phi) is 4.42. The number of nitrogens with two attached hydrogens (primary N) is 1. The zero-order chi connectivity index (χ0) is 14.1. The minimum absolute atomic E-state index is 0.0955. The van der Waals surface area contributed by atoms with Gasteiger partial charge in [0.05, 0.1) is 15.8 Å². The summed E-state index contributed by atoms with van der Waals surface area (Å²) >= 11 is 3.09. The van der Waals surface area contributed by atoms with Crippen LogP contribution in [-0.4, -0.2) is 22.1 Å². The molecule has 0 saturated heterocycles. The summed E-state index contributed by atoms with van der Waals surface area (Å²) in [5, 5.41) is 4.37. The van der Waals surface area contributed by atoms with E-state index >= 15 is 0 Å². The highest BCUT2D eigenvalue weighted by Crippen LogP contribution is 2.26. The van der Waals surface area contributed by atoms with Crippen LogP contribution in [0.5, 0.6) is 0 Å². The van der Waals surface area contributed by atoms with Crippen molar-refractivity contribution >= 4 is 41.7 Å². The number of nitrogens with one attached hydrogen (secondary N) is 1. The molecule has 0 saturated carbocycles. The topological polar surface area (TPSA) is 106 Å². The normalized spacial score (nSPS) is 12.7. The number of primary sulfonamides is 1. The molecule has 0 heterocycles. The zero-order valence-corrected chi connectivity index (χ0v) is 12.9. The van der Waals surface area contributed by atoms with Gasteiger partial charge < -0.3 is 0 Å². The Labute approximate surface area is 115 Å². The number of benzene rings is 1. The van der Waals surface area contributed by atoms with Crippen LogP contribution in [0.15, 0.2) is 27.6 Å². The molecular weight excluding hydrogens is 344 g/mol. The maximum absolute atomic E-state index is 11.7. The van der Waals surface area contributed by atoms with Gasteiger partial charge in [0.2, 0.25) is 20.0 Å². The van der Waals surface area contributed by atoms with Crippen LogP contribution in [0.2, 0.25) is 0 Å². The molecule has 0 bridgehead atoms. The Morgan fingerprint density at radius 1 is 1.22 bits per heavy atom. The fraction of sp³-hybridized carbons (Fsp3) is 0.333. The minimum Gasteiger partial charge on any atom is -0.282 e. The van der Waals surface area contributed by atoms with E-state index in [4.69, 9.17) is 5.14 Å². The molecular formula is C9H13BrN2O4S2. The third-order valence-corrected chi connectivity index (χ3v) is 5.45. The second-order valence-electron chi connectivity index (χ2n) is 3.88. The van der Waals surface area contributed by atoms with Crippen LogP contribution in [0.25, 0.3) is 0 Å². The van der Waals surface area contributed by atoms with Gasteiger partial charge in [-0.05, 0) is 48.0 Å². The maximum Gasteiger partial charge on any atom is 0.238 e. The van der Waals surface area contributed by atoms with E-state index in [2.05, 4.69) is 20.7 Å². The Bertz CT molecular complexity index is 653. The third kappa shape index (κ3) is 3.67. The predicted octanol–water partition coefficient (Wildman–Crippen LogP) is 1.25. The second kappa shape index (κ2) is 5.16. The molecule has 102 valence electrons. The lowest BCUT2D eigenvalue weighted by Gasteiger charge is -2.12. The molecule has 18 heavy (non-hydrogen) atoms. The summed E-state index contributed by atoms with van der Waals surface area (Å²) in [5.74, 6) is 0. The molecule has 3 N–H and O–H groups in total. The van der Waals surface area contributed by atoms with Gasteiger partial charge in [-0.25, -0.2) is 22.0 Å². The largest absolute Gasteiger partial charge is 0.282 e. The van der Waals surface area contributed by atoms with Crippen LogP contribution in [0.4, 0.5) is 5.69 Å². The molecule has 0 fully saturated rings. The molecule has 1 aromatic rings. The second-order valence-corrected chi connectivity index (χ2v) is 8.54. The Morgan fingerprint density at radius 3 is 2.17 bits per heavy atom. The highest BCUT2D eigenvalue weighted by molar-refractivity contribution is 9.10. The smallest absolute Gasteiger partial charge is 0.238 e. The average molecular weight is 357 g/mol. The van der Waals surface area contributed by atoms with Crippen molar-refractivity contribution in [1.82, 2.24) is 0 Å². The number of rotatable bonds is 4. The quantitative estimate of drug-likeness (QED) is 0.846. The highest BCUT2D eigenvalue weighted by atomic mass is 79.9. The van der Waals surface area contributed by atoms with E-state index in [1.54, 1.807) is 0 Å². The van der Waals surface area contributed by atoms with Gasteiger partial charge in [0.25, 0.3) is 0 Å². The zero-order valence-electron chi connectivity index (χ0n) is 9.71. The van der Waals surface area contributed by atoms with Gasteiger partial charge in [0.1, 0.15) is 0 Å². The van der Waals surface area contributed by atoms with Gasteiger partial charge in [0, 0.05) is 4.47 Å². The van der Waals surface area contributed by atoms with Gasteiger partial charge in [-0.15, -0.1) is 0 Å². The molecule has 6 nitrogen and oxygen atoms in total. The molecule has 0 aromatic heterocycles. The molecule has 0 radical (unpaired) electrons. The highest BCUT2D eigenvalue weighted by Gasteiger charge is 2.18. The Hall–Kier alpha value is -0.640. The molecule has 0 aliphatic rings. The first-order valence-corrected chi connectivity index (χ1v) is 8.76. The molecule has 9 heteroatoms. The lowest BCUT2D eigenvalue weighted by molar-refractivity contribution is 0.592. The van der Waals surface area contributed by atoms with Crippen LogP contribution in [0.1, 0.15) is 13.8 Å². The van der Waals surface area contributed by atoms with Crippen molar-refractivity contribution in [2.24, 2.45) is 5.14 Å². The predicted molar refractivity (Wildman–Crippen MR) is 73.2 cm³/mol. The summed E-state index contributed by atoms with van der Waals surface area (Å²) in [4.78, 5) is -0.0955. The van der Waals surface area contributed by atoms with Gasteiger partial charge in [-0.1, -0.05) is 0 Å². The first-order valence-electron chi connectivity index (χ1n) is 4.88. The summed E-state index contributed by atoms with van der Waals surface area (Å²) in [6, 6.07) is 3.82. The lowest BCUT2D eigenvalue weighted by Crippen LogP contribution is -2.22. The molecule has 0 aliphatic carbocycles. The number of sulfonamides is 2. The van der Waals surface area contributed by atoms with Crippen LogP contribution < -0.4 is 9.86 Å². The molecule has 0 amide bonds. The number of anilines is 1. The van der Waals surface area contributed by atoms with E-state index in [-0.39, 0.29) is 10.6 Å². The lowest BCUT2D eigenvalue weighted by atomic mass is 10.3. The van der Waals surface area contributed by atoms with Gasteiger partial charge in [-0.2, -0.15) is 0 Å². The van der Waals surface area contributed by atoms with Gasteiger partial charge in [0.15, 0.2) is 0 Å². The van der Waals surface area contributed by atoms with E-state index in [9.17, 15) is 16.8 Å². The van der Waals surface area contributed by atoms with E-state index in [1.807, 2.05) is 0 Å². The fourth-order valence-electron chi connectivity index (χ4n) is 1.03. The Morgan fingerprint density at radius 2 is 1.78 bits per heavy atom. The minimum atomic E-state index is -3.81. The van der Waals surface area contributed by atoms with E-state index < -0.39 is 25.3 Å². The average Bonchev–Trinajstić information content (AvgIpc) is 2.19. The number of hydrogen-bond acceptors (Lipinski definition) is 4. The monoisotopic (exact) mass is 356 g/mol. The van der Waals surface area contributed by atoms with Crippen molar-refractivity contribution in [1.29, 1.82) is 0 Å². The summed E-state index contributed by atoms with van der Waals surface area (Å²) < 4.78 is 48.2. The first-order chi connectivity index (χ1) is 8.04. The van der Waals surface area contributed by atoms with Crippen LogP contribution >= 0.6 is 15.9 Å². The number of hydrogen-bond donors (Lipinski definition) is 2. The molecule has 0 aliphatic heterocycles. The Balaban J connectivity index is 3.16. The van der Waals surface area contributed by atoms with E-state index in [0.717, 1.165) is 0 Å².